The standard InChI is InChI=1S/C24H39N5O/c1-5-7-20(3)23(30)28-12-10-19(2)18-25-24(26-21(4)11-13-28)29-16-14-27(15-17-29)22-8-6-9-22/h5,7,18,20,22H,6,8-17H2,1-4H3/b7-5-,19-18+,25-24-,26-21+. The maximum Gasteiger partial charge on any atom is 0.229 e. The van der Waals surface area contributed by atoms with Crippen molar-refractivity contribution in [2.24, 2.45) is 15.9 Å². The molecule has 2 aliphatic heterocycles. The van der Waals surface area contributed by atoms with Crippen LogP contribution >= 0.6 is 0 Å². The number of carbonyl (C=O) groups is 1. The van der Waals surface area contributed by atoms with Crippen LogP contribution in [0, 0.1) is 5.92 Å². The smallest absolute Gasteiger partial charge is 0.229 e. The summed E-state index contributed by atoms with van der Waals surface area (Å²) >= 11 is 0. The van der Waals surface area contributed by atoms with E-state index in [0.717, 1.165) is 63.3 Å². The Kier molecular flexibility index (Phi) is 8.25. The van der Waals surface area contributed by atoms with Gasteiger partial charge in [-0.25, -0.2) is 9.98 Å². The van der Waals surface area contributed by atoms with Crippen LogP contribution in [-0.2, 0) is 4.79 Å². The summed E-state index contributed by atoms with van der Waals surface area (Å²) in [6.07, 6.45) is 11.6. The maximum absolute atomic E-state index is 12.9. The average Bonchev–Trinajstić information content (AvgIpc) is 2.72. The predicted octanol–water partition coefficient (Wildman–Crippen LogP) is 3.71. The average molecular weight is 414 g/mol. The van der Waals surface area contributed by atoms with E-state index in [4.69, 9.17) is 9.98 Å². The third-order valence-corrected chi connectivity index (χ3v) is 6.58. The quantitative estimate of drug-likeness (QED) is 0.663. The van der Waals surface area contributed by atoms with Crippen LogP contribution in [0.4, 0.5) is 0 Å². The Labute approximate surface area is 182 Å². The molecule has 2 fully saturated rings. The molecule has 3 aliphatic rings. The second kappa shape index (κ2) is 10.9. The number of piperazine rings is 1. The summed E-state index contributed by atoms with van der Waals surface area (Å²) in [5.41, 5.74) is 2.23. The molecule has 166 valence electrons. The van der Waals surface area contributed by atoms with Crippen LogP contribution in [-0.4, -0.2) is 77.6 Å². The van der Waals surface area contributed by atoms with Crippen LogP contribution in [0.5, 0.6) is 0 Å². The van der Waals surface area contributed by atoms with Gasteiger partial charge in [-0.3, -0.25) is 9.69 Å². The Morgan fingerprint density at radius 2 is 1.80 bits per heavy atom. The van der Waals surface area contributed by atoms with Crippen molar-refractivity contribution in [3.63, 3.8) is 0 Å². The largest absolute Gasteiger partial charge is 0.342 e. The van der Waals surface area contributed by atoms with Crippen molar-refractivity contribution >= 4 is 17.6 Å². The molecule has 1 saturated heterocycles. The molecule has 1 aliphatic carbocycles. The third kappa shape index (κ3) is 6.03. The number of guanidine groups is 1. The minimum Gasteiger partial charge on any atom is -0.342 e. The summed E-state index contributed by atoms with van der Waals surface area (Å²) in [7, 11) is 0. The molecule has 6 nitrogen and oxygen atoms in total. The number of hydrogen-bond donors (Lipinski definition) is 0. The molecule has 30 heavy (non-hydrogen) atoms. The summed E-state index contributed by atoms with van der Waals surface area (Å²) in [5.74, 6) is 0.948. The molecule has 0 N–H and O–H groups in total. The molecule has 6 heteroatoms. The highest BCUT2D eigenvalue weighted by atomic mass is 16.2. The first kappa shape index (κ1) is 22.7. The molecule has 1 saturated carbocycles. The highest BCUT2D eigenvalue weighted by Gasteiger charge is 2.29. The first-order valence-corrected chi connectivity index (χ1v) is 11.7. The van der Waals surface area contributed by atoms with E-state index in [0.29, 0.717) is 6.54 Å². The lowest BCUT2D eigenvalue weighted by molar-refractivity contribution is -0.133. The number of aliphatic imine (C=N–C) groups is 2. The molecule has 3 rings (SSSR count). The van der Waals surface area contributed by atoms with E-state index in [2.05, 4.69) is 23.6 Å². The molecule has 0 aromatic heterocycles. The van der Waals surface area contributed by atoms with Gasteiger partial charge in [0.15, 0.2) is 0 Å². The molecule has 1 atom stereocenters. The summed E-state index contributed by atoms with van der Waals surface area (Å²) in [4.78, 5) is 29.5. The number of hydrogen-bond acceptors (Lipinski definition) is 5. The van der Waals surface area contributed by atoms with Crippen molar-refractivity contribution in [1.29, 1.82) is 0 Å². The Morgan fingerprint density at radius 3 is 2.43 bits per heavy atom. The Morgan fingerprint density at radius 1 is 1.10 bits per heavy atom. The van der Waals surface area contributed by atoms with E-state index >= 15 is 0 Å². The van der Waals surface area contributed by atoms with Crippen LogP contribution in [0.1, 0.15) is 59.8 Å². The van der Waals surface area contributed by atoms with Gasteiger partial charge in [-0.15, -0.1) is 0 Å². The van der Waals surface area contributed by atoms with E-state index < -0.39 is 0 Å². The van der Waals surface area contributed by atoms with Crippen molar-refractivity contribution in [3.05, 3.63) is 23.9 Å². The molecular weight excluding hydrogens is 374 g/mol. The molecule has 0 spiro atoms. The molecule has 0 aromatic rings. The van der Waals surface area contributed by atoms with Crippen molar-refractivity contribution < 1.29 is 4.79 Å². The fourth-order valence-electron chi connectivity index (χ4n) is 4.28. The zero-order valence-electron chi connectivity index (χ0n) is 19.3. The van der Waals surface area contributed by atoms with Crippen LogP contribution in [0.2, 0.25) is 0 Å². The molecule has 1 amide bonds. The topological polar surface area (TPSA) is 51.5 Å². The van der Waals surface area contributed by atoms with Gasteiger partial charge >= 0.3 is 0 Å². The number of rotatable bonds is 3. The number of carbonyl (C=O) groups excluding carboxylic acids is 1. The Balaban J connectivity index is 1.68. The summed E-state index contributed by atoms with van der Waals surface area (Å²) in [6.45, 7) is 13.7. The van der Waals surface area contributed by atoms with E-state index in [1.54, 1.807) is 0 Å². The summed E-state index contributed by atoms with van der Waals surface area (Å²) < 4.78 is 0. The van der Waals surface area contributed by atoms with Gasteiger partial charge in [0.1, 0.15) is 0 Å². The number of amides is 1. The molecule has 0 aromatic carbocycles. The molecular formula is C24H39N5O. The fraction of sp³-hybridized carbons (Fsp3) is 0.708. The molecule has 1 unspecified atom stereocenters. The second-order valence-electron chi connectivity index (χ2n) is 9.00. The van der Waals surface area contributed by atoms with Gasteiger partial charge in [0.05, 0.1) is 5.92 Å². The van der Waals surface area contributed by atoms with Gasteiger partial charge in [0, 0.05) is 63.6 Å². The number of nitrogens with zero attached hydrogens (tertiary/aromatic N) is 5. The van der Waals surface area contributed by atoms with Crippen LogP contribution in [0.25, 0.3) is 0 Å². The van der Waals surface area contributed by atoms with Crippen LogP contribution < -0.4 is 0 Å². The fourth-order valence-corrected chi connectivity index (χ4v) is 4.28. The lowest BCUT2D eigenvalue weighted by atomic mass is 9.91. The van der Waals surface area contributed by atoms with Gasteiger partial charge in [0.25, 0.3) is 0 Å². The first-order valence-electron chi connectivity index (χ1n) is 11.7. The summed E-state index contributed by atoms with van der Waals surface area (Å²) in [5, 5.41) is 0. The monoisotopic (exact) mass is 413 g/mol. The second-order valence-corrected chi connectivity index (χ2v) is 9.00. The predicted molar refractivity (Wildman–Crippen MR) is 125 cm³/mol. The minimum absolute atomic E-state index is 0.0829. The molecule has 0 radical (unpaired) electrons. The summed E-state index contributed by atoms with van der Waals surface area (Å²) in [6, 6.07) is 0.808. The highest BCUT2D eigenvalue weighted by molar-refractivity contribution is 5.96. The van der Waals surface area contributed by atoms with E-state index in [1.807, 2.05) is 37.1 Å². The van der Waals surface area contributed by atoms with E-state index in [1.165, 1.54) is 24.8 Å². The van der Waals surface area contributed by atoms with Gasteiger partial charge < -0.3 is 9.80 Å². The zero-order valence-corrected chi connectivity index (χ0v) is 19.3. The number of allylic oxidation sites excluding steroid dienone is 1. The minimum atomic E-state index is -0.0829. The van der Waals surface area contributed by atoms with E-state index in [-0.39, 0.29) is 11.8 Å². The van der Waals surface area contributed by atoms with Crippen LogP contribution in [0.3, 0.4) is 0 Å². The van der Waals surface area contributed by atoms with Crippen molar-refractivity contribution in [1.82, 2.24) is 14.7 Å². The molecule has 0 bridgehead atoms. The first-order chi connectivity index (χ1) is 14.5. The third-order valence-electron chi connectivity index (χ3n) is 6.58. The van der Waals surface area contributed by atoms with Gasteiger partial charge in [0.2, 0.25) is 11.9 Å². The van der Waals surface area contributed by atoms with Gasteiger partial charge in [-0.05, 0) is 40.0 Å². The van der Waals surface area contributed by atoms with Gasteiger partial charge in [-0.1, -0.05) is 31.1 Å². The van der Waals surface area contributed by atoms with E-state index in [9.17, 15) is 4.79 Å². The Hall–Kier alpha value is -1.95. The van der Waals surface area contributed by atoms with Crippen molar-refractivity contribution in [3.8, 4) is 0 Å². The molecule has 2 heterocycles. The van der Waals surface area contributed by atoms with Crippen molar-refractivity contribution in [2.45, 2.75) is 65.8 Å². The normalized spacial score (nSPS) is 29.1. The lowest BCUT2D eigenvalue weighted by Crippen LogP contribution is -2.53. The van der Waals surface area contributed by atoms with Crippen LogP contribution in [0.15, 0.2) is 33.9 Å². The zero-order chi connectivity index (χ0) is 21.5. The van der Waals surface area contributed by atoms with Gasteiger partial charge in [-0.2, -0.15) is 0 Å². The Bertz CT molecular complexity index is 711. The van der Waals surface area contributed by atoms with Crippen molar-refractivity contribution in [2.75, 3.05) is 39.3 Å². The highest BCUT2D eigenvalue weighted by Crippen LogP contribution is 2.25. The maximum atomic E-state index is 12.9. The SMILES string of the molecule is C/C=C\C(C)C(=O)N1CC/C(C)=C/N=C(N2CCN(C3CCC3)CC2)/N=C(\C)CC1. The lowest BCUT2D eigenvalue weighted by Gasteiger charge is -2.43.